The van der Waals surface area contributed by atoms with E-state index in [-0.39, 0.29) is 11.4 Å². The highest BCUT2D eigenvalue weighted by Crippen LogP contribution is 2.26. The first-order valence-corrected chi connectivity index (χ1v) is 11.3. The molecule has 3 rings (SSSR count). The van der Waals surface area contributed by atoms with E-state index in [4.69, 9.17) is 4.74 Å². The van der Waals surface area contributed by atoms with Gasteiger partial charge >= 0.3 is 0 Å². The minimum Gasteiger partial charge on any atom is -0.497 e. The van der Waals surface area contributed by atoms with Crippen molar-refractivity contribution in [3.05, 3.63) is 82.8 Å². The molecule has 0 unspecified atom stereocenters. The van der Waals surface area contributed by atoms with Gasteiger partial charge in [-0.25, -0.2) is 8.42 Å². The summed E-state index contributed by atoms with van der Waals surface area (Å²) in [5.41, 5.74) is 1.96. The summed E-state index contributed by atoms with van der Waals surface area (Å²) in [6, 6.07) is 20.1. The Morgan fingerprint density at radius 3 is 2.30 bits per heavy atom. The molecule has 3 aromatic rings. The number of anilines is 2. The Bertz CT molecular complexity index is 1130. The summed E-state index contributed by atoms with van der Waals surface area (Å²) < 4.78 is 33.7. The second-order valence-corrected chi connectivity index (χ2v) is 9.36. The molecule has 0 saturated carbocycles. The van der Waals surface area contributed by atoms with Gasteiger partial charge in [0.15, 0.2) is 0 Å². The van der Waals surface area contributed by atoms with Crippen LogP contribution < -0.4 is 14.4 Å². The fraction of sp³-hybridized carbons (Fsp3) is 0.136. The third-order valence-corrected chi connectivity index (χ3v) is 6.65. The second kappa shape index (κ2) is 9.32. The van der Waals surface area contributed by atoms with Crippen molar-refractivity contribution >= 4 is 43.2 Å². The molecule has 6 nitrogen and oxygen atoms in total. The van der Waals surface area contributed by atoms with Crippen LogP contribution in [-0.2, 0) is 14.8 Å². The Morgan fingerprint density at radius 1 is 1.03 bits per heavy atom. The molecule has 0 fully saturated rings. The van der Waals surface area contributed by atoms with Crippen molar-refractivity contribution in [1.29, 1.82) is 0 Å². The molecule has 30 heavy (non-hydrogen) atoms. The van der Waals surface area contributed by atoms with Gasteiger partial charge in [0.05, 0.1) is 17.7 Å². The monoisotopic (exact) mass is 488 g/mol. The van der Waals surface area contributed by atoms with E-state index >= 15 is 0 Å². The van der Waals surface area contributed by atoms with Crippen LogP contribution in [0.15, 0.2) is 82.2 Å². The highest BCUT2D eigenvalue weighted by atomic mass is 79.9. The van der Waals surface area contributed by atoms with E-state index in [0.717, 1.165) is 14.3 Å². The average molecular weight is 489 g/mol. The zero-order chi connectivity index (χ0) is 21.7. The van der Waals surface area contributed by atoms with Gasteiger partial charge in [-0.3, -0.25) is 9.10 Å². The Labute approximate surface area is 184 Å². The minimum absolute atomic E-state index is 0.0686. The molecular weight excluding hydrogens is 468 g/mol. The van der Waals surface area contributed by atoms with Crippen LogP contribution in [0.3, 0.4) is 0 Å². The van der Waals surface area contributed by atoms with Crippen molar-refractivity contribution in [2.75, 3.05) is 23.3 Å². The van der Waals surface area contributed by atoms with Gasteiger partial charge in [0.1, 0.15) is 12.3 Å². The summed E-state index contributed by atoms with van der Waals surface area (Å²) in [5, 5.41) is 2.74. The molecule has 0 atom stereocenters. The first-order valence-electron chi connectivity index (χ1n) is 9.08. The van der Waals surface area contributed by atoms with Crippen molar-refractivity contribution in [3.63, 3.8) is 0 Å². The zero-order valence-corrected chi connectivity index (χ0v) is 18.9. The quantitative estimate of drug-likeness (QED) is 0.527. The fourth-order valence-corrected chi connectivity index (χ4v) is 4.62. The number of aryl methyl sites for hydroxylation is 1. The summed E-state index contributed by atoms with van der Waals surface area (Å²) >= 11 is 3.35. The lowest BCUT2D eigenvalue weighted by Gasteiger charge is -2.24. The largest absolute Gasteiger partial charge is 0.497 e. The Morgan fingerprint density at radius 2 is 1.70 bits per heavy atom. The van der Waals surface area contributed by atoms with Crippen LogP contribution in [0.1, 0.15) is 5.56 Å². The number of nitrogens with one attached hydrogen (secondary N) is 1. The third-order valence-electron chi connectivity index (χ3n) is 4.36. The summed E-state index contributed by atoms with van der Waals surface area (Å²) in [6.07, 6.45) is 0. The van der Waals surface area contributed by atoms with Crippen LogP contribution in [0.25, 0.3) is 0 Å². The summed E-state index contributed by atoms with van der Waals surface area (Å²) in [5.74, 6) is 0.0917. The predicted octanol–water partition coefficient (Wildman–Crippen LogP) is 4.60. The maximum Gasteiger partial charge on any atom is 0.264 e. The second-order valence-electron chi connectivity index (χ2n) is 6.58. The van der Waals surface area contributed by atoms with Gasteiger partial charge in [-0.1, -0.05) is 39.7 Å². The first kappa shape index (κ1) is 21.9. The SMILES string of the molecule is COc1ccc(S(=O)(=O)N(CC(=O)Nc2cccc(Br)c2)c2ccc(C)cc2)cc1. The van der Waals surface area contributed by atoms with Crippen LogP contribution in [-0.4, -0.2) is 28.0 Å². The highest BCUT2D eigenvalue weighted by molar-refractivity contribution is 9.10. The molecule has 8 heteroatoms. The molecule has 0 aliphatic heterocycles. The van der Waals surface area contributed by atoms with Crippen LogP contribution in [0.2, 0.25) is 0 Å². The molecule has 1 amide bonds. The molecule has 0 aliphatic carbocycles. The van der Waals surface area contributed by atoms with Crippen molar-refractivity contribution in [1.82, 2.24) is 0 Å². The smallest absolute Gasteiger partial charge is 0.264 e. The van der Waals surface area contributed by atoms with Crippen molar-refractivity contribution < 1.29 is 17.9 Å². The number of hydrogen-bond acceptors (Lipinski definition) is 4. The fourth-order valence-electron chi connectivity index (χ4n) is 2.80. The van der Waals surface area contributed by atoms with Gasteiger partial charge in [-0.05, 0) is 61.5 Å². The molecule has 3 aromatic carbocycles. The zero-order valence-electron chi connectivity index (χ0n) is 16.5. The minimum atomic E-state index is -3.98. The van der Waals surface area contributed by atoms with E-state index < -0.39 is 15.9 Å². The van der Waals surface area contributed by atoms with Crippen LogP contribution in [0.4, 0.5) is 11.4 Å². The van der Waals surface area contributed by atoms with Gasteiger partial charge in [0.25, 0.3) is 10.0 Å². The van der Waals surface area contributed by atoms with Gasteiger partial charge < -0.3 is 10.1 Å². The van der Waals surface area contributed by atoms with Gasteiger partial charge in [-0.15, -0.1) is 0 Å². The maximum atomic E-state index is 13.4. The number of hydrogen-bond donors (Lipinski definition) is 1. The Balaban J connectivity index is 1.93. The number of carbonyl (C=O) groups is 1. The number of amides is 1. The molecule has 156 valence electrons. The van der Waals surface area contributed by atoms with E-state index in [1.165, 1.54) is 19.2 Å². The Kier molecular flexibility index (Phi) is 6.79. The number of ether oxygens (including phenoxy) is 1. The topological polar surface area (TPSA) is 75.7 Å². The number of halogens is 1. The summed E-state index contributed by atoms with van der Waals surface area (Å²) in [4.78, 5) is 12.8. The molecule has 0 heterocycles. The standard InChI is InChI=1S/C22H21BrN2O4S/c1-16-6-8-19(9-7-16)25(15-22(26)24-18-5-3-4-17(23)14-18)30(27,28)21-12-10-20(29-2)11-13-21/h3-14H,15H2,1-2H3,(H,24,26). The van der Waals surface area contributed by atoms with Crippen LogP contribution in [0.5, 0.6) is 5.75 Å². The Hall–Kier alpha value is -2.84. The van der Waals surface area contributed by atoms with Crippen molar-refractivity contribution in [2.24, 2.45) is 0 Å². The van der Waals surface area contributed by atoms with E-state index in [0.29, 0.717) is 17.1 Å². The molecule has 0 aliphatic rings. The summed E-state index contributed by atoms with van der Waals surface area (Å²) in [7, 11) is -2.47. The predicted molar refractivity (Wildman–Crippen MR) is 121 cm³/mol. The maximum absolute atomic E-state index is 13.4. The molecule has 0 bridgehead atoms. The lowest BCUT2D eigenvalue weighted by atomic mass is 10.2. The van der Waals surface area contributed by atoms with Gasteiger partial charge in [-0.2, -0.15) is 0 Å². The van der Waals surface area contributed by atoms with Crippen LogP contribution in [0, 0.1) is 6.92 Å². The number of sulfonamides is 1. The number of nitrogens with zero attached hydrogens (tertiary/aromatic N) is 1. The molecule has 0 aromatic heterocycles. The number of methoxy groups -OCH3 is 1. The normalized spacial score (nSPS) is 11.0. The molecular formula is C22H21BrN2O4S. The van der Waals surface area contributed by atoms with Gasteiger partial charge in [0.2, 0.25) is 5.91 Å². The molecule has 0 radical (unpaired) electrons. The first-order chi connectivity index (χ1) is 14.3. The van der Waals surface area contributed by atoms with Crippen LogP contribution >= 0.6 is 15.9 Å². The third kappa shape index (κ3) is 5.20. The number of carbonyl (C=O) groups excluding carboxylic acids is 1. The van der Waals surface area contributed by atoms with Gasteiger partial charge in [0, 0.05) is 10.2 Å². The van der Waals surface area contributed by atoms with E-state index in [9.17, 15) is 13.2 Å². The van der Waals surface area contributed by atoms with E-state index in [2.05, 4.69) is 21.2 Å². The number of benzene rings is 3. The average Bonchev–Trinajstić information content (AvgIpc) is 2.73. The van der Waals surface area contributed by atoms with Crippen molar-refractivity contribution in [3.8, 4) is 5.75 Å². The summed E-state index contributed by atoms with van der Waals surface area (Å²) in [6.45, 7) is 1.54. The highest BCUT2D eigenvalue weighted by Gasteiger charge is 2.27. The number of rotatable bonds is 7. The molecule has 0 saturated heterocycles. The lowest BCUT2D eigenvalue weighted by molar-refractivity contribution is -0.114. The molecule has 0 spiro atoms. The van der Waals surface area contributed by atoms with E-state index in [1.807, 2.05) is 13.0 Å². The van der Waals surface area contributed by atoms with Crippen molar-refractivity contribution in [2.45, 2.75) is 11.8 Å². The molecule has 1 N–H and O–H groups in total. The lowest BCUT2D eigenvalue weighted by Crippen LogP contribution is -2.38. The van der Waals surface area contributed by atoms with E-state index in [1.54, 1.807) is 54.6 Å².